The molecule has 0 aliphatic heterocycles. The maximum Gasteiger partial charge on any atom is 0.0312 e. The maximum absolute atomic E-state index is 2.47. The van der Waals surface area contributed by atoms with Crippen molar-refractivity contribution < 1.29 is 0 Å². The molecule has 2 rings (SSSR count). The molecule has 1 heteroatoms. The molecule has 72 valence electrons. The van der Waals surface area contributed by atoms with Gasteiger partial charge in [-0.05, 0) is 50.4 Å². The van der Waals surface area contributed by atoms with Gasteiger partial charge in [0.1, 0.15) is 0 Å². The van der Waals surface area contributed by atoms with Crippen molar-refractivity contribution in [2.45, 2.75) is 32.2 Å². The third kappa shape index (κ3) is 1.71. The van der Waals surface area contributed by atoms with E-state index in [1.54, 1.807) is 11.1 Å². The van der Waals surface area contributed by atoms with E-state index in [2.05, 4.69) is 38.1 Å². The highest BCUT2D eigenvalue weighted by Crippen LogP contribution is 2.38. The first-order valence-electron chi connectivity index (χ1n) is 5.23. The largest absolute Gasteiger partial charge is 0.303 e. The average Bonchev–Trinajstić information content (AvgIpc) is 2.42. The Bertz CT molecular complexity index is 260. The Hall–Kier alpha value is -0.560. The molecule has 0 N–H and O–H groups in total. The Morgan fingerprint density at radius 3 is 2.62 bits per heavy atom. The van der Waals surface area contributed by atoms with Crippen molar-refractivity contribution in [2.24, 2.45) is 5.92 Å². The van der Waals surface area contributed by atoms with E-state index in [1.165, 1.54) is 19.3 Å². The van der Waals surface area contributed by atoms with Crippen LogP contribution in [0.5, 0.6) is 0 Å². The fourth-order valence-electron chi connectivity index (χ4n) is 2.40. The van der Waals surface area contributed by atoms with Crippen LogP contribution in [-0.2, 0) is 0 Å². The molecule has 0 aromatic rings. The highest BCUT2D eigenvalue weighted by molar-refractivity contribution is 5.39. The molecule has 13 heavy (non-hydrogen) atoms. The summed E-state index contributed by atoms with van der Waals surface area (Å²) in [5.74, 6) is 0.874. The summed E-state index contributed by atoms with van der Waals surface area (Å²) in [6.45, 7) is 2.35. The summed E-state index contributed by atoms with van der Waals surface area (Å²) >= 11 is 0. The van der Waals surface area contributed by atoms with Gasteiger partial charge in [0.2, 0.25) is 0 Å². The van der Waals surface area contributed by atoms with Crippen LogP contribution in [0.1, 0.15) is 26.2 Å². The lowest BCUT2D eigenvalue weighted by Gasteiger charge is -2.24. The molecule has 0 bridgehead atoms. The first kappa shape index (κ1) is 9.01. The van der Waals surface area contributed by atoms with Crippen LogP contribution in [0.25, 0.3) is 0 Å². The van der Waals surface area contributed by atoms with E-state index in [0.717, 1.165) is 5.92 Å². The van der Waals surface area contributed by atoms with Crippen LogP contribution in [0.3, 0.4) is 0 Å². The van der Waals surface area contributed by atoms with Crippen molar-refractivity contribution in [3.05, 3.63) is 23.3 Å². The summed E-state index contributed by atoms with van der Waals surface area (Å²) < 4.78 is 0. The summed E-state index contributed by atoms with van der Waals surface area (Å²) in [5, 5.41) is 0. The molecular weight excluding hydrogens is 158 g/mol. The summed E-state index contributed by atoms with van der Waals surface area (Å²) in [6, 6.07) is 0.643. The van der Waals surface area contributed by atoms with Gasteiger partial charge in [-0.2, -0.15) is 0 Å². The van der Waals surface area contributed by atoms with Gasteiger partial charge in [0.15, 0.2) is 0 Å². The van der Waals surface area contributed by atoms with E-state index in [4.69, 9.17) is 0 Å². The van der Waals surface area contributed by atoms with Gasteiger partial charge in [-0.3, -0.25) is 0 Å². The van der Waals surface area contributed by atoms with E-state index >= 15 is 0 Å². The molecule has 2 atom stereocenters. The molecule has 1 saturated carbocycles. The Morgan fingerprint density at radius 2 is 1.92 bits per heavy atom. The standard InChI is InChI=1S/C12H19N/c1-9-6-10-4-5-12(13(2)3)8-11(10)7-9/h4,8-9,12H,5-7H2,1-3H3. The first-order chi connectivity index (χ1) is 6.16. The summed E-state index contributed by atoms with van der Waals surface area (Å²) in [6.07, 6.45) is 8.74. The van der Waals surface area contributed by atoms with E-state index in [0.29, 0.717) is 6.04 Å². The quantitative estimate of drug-likeness (QED) is 0.595. The molecule has 2 aliphatic rings. The topological polar surface area (TPSA) is 3.24 Å². The number of fused-ring (bicyclic) bond motifs is 1. The number of nitrogens with zero attached hydrogens (tertiary/aromatic N) is 1. The van der Waals surface area contributed by atoms with Crippen LogP contribution in [0.4, 0.5) is 0 Å². The Morgan fingerprint density at radius 1 is 1.23 bits per heavy atom. The Balaban J connectivity index is 2.16. The summed E-state index contributed by atoms with van der Waals surface area (Å²) in [5.41, 5.74) is 3.25. The van der Waals surface area contributed by atoms with Gasteiger partial charge in [-0.15, -0.1) is 0 Å². The van der Waals surface area contributed by atoms with Gasteiger partial charge >= 0.3 is 0 Å². The molecule has 0 saturated heterocycles. The van der Waals surface area contributed by atoms with E-state index < -0.39 is 0 Å². The molecular formula is C12H19N. The van der Waals surface area contributed by atoms with Crippen LogP contribution in [0, 0.1) is 5.92 Å². The van der Waals surface area contributed by atoms with Gasteiger partial charge < -0.3 is 4.90 Å². The molecule has 0 radical (unpaired) electrons. The van der Waals surface area contributed by atoms with Crippen molar-refractivity contribution in [3.8, 4) is 0 Å². The molecule has 1 fully saturated rings. The number of allylic oxidation sites excluding steroid dienone is 2. The second-order valence-electron chi connectivity index (χ2n) is 4.70. The van der Waals surface area contributed by atoms with Crippen LogP contribution in [0.15, 0.2) is 23.3 Å². The van der Waals surface area contributed by atoms with Crippen molar-refractivity contribution in [1.82, 2.24) is 4.90 Å². The predicted molar refractivity (Wildman–Crippen MR) is 56.7 cm³/mol. The zero-order chi connectivity index (χ0) is 9.42. The SMILES string of the molecule is CC1CC2=CCC(N(C)C)C=C2C1. The molecule has 2 unspecified atom stereocenters. The van der Waals surface area contributed by atoms with Crippen molar-refractivity contribution in [1.29, 1.82) is 0 Å². The van der Waals surface area contributed by atoms with Gasteiger partial charge in [0.05, 0.1) is 0 Å². The zero-order valence-electron chi connectivity index (χ0n) is 8.88. The second-order valence-corrected chi connectivity index (χ2v) is 4.70. The van der Waals surface area contributed by atoms with Gasteiger partial charge in [0, 0.05) is 6.04 Å². The summed E-state index contributed by atoms with van der Waals surface area (Å²) in [7, 11) is 4.33. The molecule has 0 spiro atoms. The highest BCUT2D eigenvalue weighted by Gasteiger charge is 2.24. The number of hydrogen-bond acceptors (Lipinski definition) is 1. The van der Waals surface area contributed by atoms with Gasteiger partial charge in [0.25, 0.3) is 0 Å². The Kier molecular flexibility index (Phi) is 2.29. The molecule has 0 amide bonds. The lowest BCUT2D eigenvalue weighted by Crippen LogP contribution is -2.27. The minimum absolute atomic E-state index is 0.643. The smallest absolute Gasteiger partial charge is 0.0312 e. The first-order valence-corrected chi connectivity index (χ1v) is 5.23. The predicted octanol–water partition coefficient (Wildman–Crippen LogP) is 2.60. The third-order valence-corrected chi connectivity index (χ3v) is 3.21. The Labute approximate surface area is 81.1 Å². The normalized spacial score (nSPS) is 32.9. The van der Waals surface area contributed by atoms with Crippen molar-refractivity contribution in [2.75, 3.05) is 14.1 Å². The summed E-state index contributed by atoms with van der Waals surface area (Å²) in [4.78, 5) is 2.31. The van der Waals surface area contributed by atoms with Crippen LogP contribution < -0.4 is 0 Å². The van der Waals surface area contributed by atoms with Crippen molar-refractivity contribution >= 4 is 0 Å². The van der Waals surface area contributed by atoms with E-state index in [1.807, 2.05) is 0 Å². The third-order valence-electron chi connectivity index (χ3n) is 3.21. The minimum Gasteiger partial charge on any atom is -0.303 e. The highest BCUT2D eigenvalue weighted by atomic mass is 15.1. The number of likely N-dealkylation sites (N-methyl/N-ethyl adjacent to an activating group) is 1. The zero-order valence-corrected chi connectivity index (χ0v) is 8.88. The monoisotopic (exact) mass is 177 g/mol. The molecule has 0 aromatic heterocycles. The molecule has 0 aromatic carbocycles. The molecule has 0 heterocycles. The van der Waals surface area contributed by atoms with Crippen LogP contribution in [0.2, 0.25) is 0 Å². The fraction of sp³-hybridized carbons (Fsp3) is 0.667. The van der Waals surface area contributed by atoms with Gasteiger partial charge in [-0.25, -0.2) is 0 Å². The lowest BCUT2D eigenvalue weighted by molar-refractivity contribution is 0.342. The number of rotatable bonds is 1. The molecule has 1 nitrogen and oxygen atoms in total. The van der Waals surface area contributed by atoms with Gasteiger partial charge in [-0.1, -0.05) is 19.1 Å². The van der Waals surface area contributed by atoms with Crippen molar-refractivity contribution in [3.63, 3.8) is 0 Å². The van der Waals surface area contributed by atoms with Crippen LogP contribution >= 0.6 is 0 Å². The van der Waals surface area contributed by atoms with E-state index in [9.17, 15) is 0 Å². The second kappa shape index (κ2) is 3.30. The number of hydrogen-bond donors (Lipinski definition) is 0. The minimum atomic E-state index is 0.643. The van der Waals surface area contributed by atoms with Crippen LogP contribution in [-0.4, -0.2) is 25.0 Å². The molecule has 2 aliphatic carbocycles. The lowest BCUT2D eigenvalue weighted by atomic mass is 9.97. The van der Waals surface area contributed by atoms with E-state index in [-0.39, 0.29) is 0 Å². The fourth-order valence-corrected chi connectivity index (χ4v) is 2.40. The average molecular weight is 177 g/mol. The maximum atomic E-state index is 2.47.